The molecule has 2 aromatic carbocycles. The van der Waals surface area contributed by atoms with Gasteiger partial charge in [-0.05, 0) is 67.2 Å². The summed E-state index contributed by atoms with van der Waals surface area (Å²) in [5, 5.41) is 12.5. The highest BCUT2D eigenvalue weighted by Gasteiger charge is 2.26. The molecule has 0 aliphatic carbocycles. The number of pyridine rings is 1. The Morgan fingerprint density at radius 1 is 1.17 bits per heavy atom. The van der Waals surface area contributed by atoms with Gasteiger partial charge in [0.1, 0.15) is 0 Å². The number of phenolic OH excluding ortho intramolecular Hbond substituents is 1. The highest BCUT2D eigenvalue weighted by atomic mass is 16.7. The molecule has 2 aliphatic rings. The summed E-state index contributed by atoms with van der Waals surface area (Å²) in [6, 6.07) is 10.0. The first-order valence-corrected chi connectivity index (χ1v) is 9.91. The van der Waals surface area contributed by atoms with E-state index in [1.54, 1.807) is 13.2 Å². The second kappa shape index (κ2) is 7.12. The summed E-state index contributed by atoms with van der Waals surface area (Å²) in [5.41, 5.74) is 3.19. The molecular formula is C23H24N2O4. The van der Waals surface area contributed by atoms with Crippen LogP contribution in [0.4, 0.5) is 0 Å². The molecule has 0 amide bonds. The number of hydrogen-bond donors (Lipinski definition) is 1. The molecule has 1 fully saturated rings. The van der Waals surface area contributed by atoms with E-state index < -0.39 is 0 Å². The van der Waals surface area contributed by atoms with Gasteiger partial charge in [0, 0.05) is 24.0 Å². The lowest BCUT2D eigenvalue weighted by molar-refractivity contribution is 0.174. The van der Waals surface area contributed by atoms with Crippen LogP contribution in [0.3, 0.4) is 0 Å². The molecule has 150 valence electrons. The fourth-order valence-corrected chi connectivity index (χ4v) is 4.45. The lowest BCUT2D eigenvalue weighted by Crippen LogP contribution is -2.18. The number of aromatic hydroxyl groups is 1. The van der Waals surface area contributed by atoms with Crippen molar-refractivity contribution in [1.29, 1.82) is 0 Å². The molecule has 3 aromatic rings. The molecule has 1 saturated heterocycles. The molecule has 0 bridgehead atoms. The van der Waals surface area contributed by atoms with Crippen LogP contribution in [0.5, 0.6) is 23.0 Å². The number of hydrogen-bond acceptors (Lipinski definition) is 6. The fraction of sp³-hybridized carbons (Fsp3) is 0.348. The first-order valence-electron chi connectivity index (χ1n) is 9.91. The number of ether oxygens (including phenoxy) is 3. The number of phenols is 1. The first-order chi connectivity index (χ1) is 14.1. The summed E-state index contributed by atoms with van der Waals surface area (Å²) in [4.78, 5) is 7.19. The van der Waals surface area contributed by atoms with Crippen molar-refractivity contribution in [2.24, 2.45) is 0 Å². The summed E-state index contributed by atoms with van der Waals surface area (Å²) < 4.78 is 16.3. The number of methoxy groups -OCH3 is 1. The standard InChI is InChI=1S/C23H24N2O4/c1-25-7-3-4-19(25)17-12-24-18(16-10-20(26)22(27-2)11-15(16)17)8-14-5-6-21-23(9-14)29-13-28-21/h5-6,9-12,19,26H,3-4,7-8,13H2,1-2H3/t19-/m0/s1. The lowest BCUT2D eigenvalue weighted by atomic mass is 9.95. The van der Waals surface area contributed by atoms with Gasteiger partial charge in [0.25, 0.3) is 0 Å². The second-order valence-electron chi connectivity index (χ2n) is 7.73. The van der Waals surface area contributed by atoms with Crippen molar-refractivity contribution in [2.45, 2.75) is 25.3 Å². The molecule has 1 N–H and O–H groups in total. The average molecular weight is 392 g/mol. The van der Waals surface area contributed by atoms with Gasteiger partial charge >= 0.3 is 0 Å². The Hall–Kier alpha value is -2.99. The van der Waals surface area contributed by atoms with Crippen LogP contribution in [-0.4, -0.2) is 42.5 Å². The van der Waals surface area contributed by atoms with Crippen LogP contribution in [0.25, 0.3) is 10.8 Å². The van der Waals surface area contributed by atoms with E-state index in [0.29, 0.717) is 18.2 Å². The normalized spacial score (nSPS) is 18.5. The quantitative estimate of drug-likeness (QED) is 0.723. The van der Waals surface area contributed by atoms with E-state index >= 15 is 0 Å². The highest BCUT2D eigenvalue weighted by Crippen LogP contribution is 2.40. The molecule has 6 heteroatoms. The summed E-state index contributed by atoms with van der Waals surface area (Å²) in [6.07, 6.45) is 4.92. The molecule has 2 aliphatic heterocycles. The Labute approximate surface area is 169 Å². The summed E-state index contributed by atoms with van der Waals surface area (Å²) in [7, 11) is 3.73. The smallest absolute Gasteiger partial charge is 0.231 e. The third-order valence-corrected chi connectivity index (χ3v) is 5.99. The van der Waals surface area contributed by atoms with E-state index in [0.717, 1.165) is 46.5 Å². The van der Waals surface area contributed by atoms with Gasteiger partial charge in [-0.1, -0.05) is 6.07 Å². The molecule has 1 atom stereocenters. The van der Waals surface area contributed by atoms with E-state index in [2.05, 4.69) is 11.9 Å². The number of aromatic nitrogens is 1. The van der Waals surface area contributed by atoms with Crippen molar-refractivity contribution in [1.82, 2.24) is 9.88 Å². The van der Waals surface area contributed by atoms with Crippen LogP contribution in [0, 0.1) is 0 Å². The zero-order valence-electron chi connectivity index (χ0n) is 16.6. The van der Waals surface area contributed by atoms with E-state index in [1.165, 1.54) is 12.0 Å². The maximum atomic E-state index is 10.4. The lowest BCUT2D eigenvalue weighted by Gasteiger charge is -2.22. The van der Waals surface area contributed by atoms with Crippen LogP contribution >= 0.6 is 0 Å². The second-order valence-corrected chi connectivity index (χ2v) is 7.73. The monoisotopic (exact) mass is 392 g/mol. The van der Waals surface area contributed by atoms with Gasteiger partial charge in [-0.25, -0.2) is 0 Å². The van der Waals surface area contributed by atoms with Crippen LogP contribution in [0.1, 0.15) is 35.7 Å². The minimum atomic E-state index is 0.130. The molecule has 29 heavy (non-hydrogen) atoms. The highest BCUT2D eigenvalue weighted by molar-refractivity contribution is 5.91. The van der Waals surface area contributed by atoms with Gasteiger partial charge in [0.2, 0.25) is 6.79 Å². The minimum absolute atomic E-state index is 0.130. The third-order valence-electron chi connectivity index (χ3n) is 5.99. The van der Waals surface area contributed by atoms with Crippen LogP contribution < -0.4 is 14.2 Å². The van der Waals surface area contributed by atoms with Crippen molar-refractivity contribution in [3.8, 4) is 23.0 Å². The van der Waals surface area contributed by atoms with Crippen LogP contribution in [0.2, 0.25) is 0 Å². The first kappa shape index (κ1) is 18.1. The molecule has 6 nitrogen and oxygen atoms in total. The summed E-state index contributed by atoms with van der Waals surface area (Å²) in [6.45, 7) is 1.34. The third kappa shape index (κ3) is 3.13. The Morgan fingerprint density at radius 3 is 2.83 bits per heavy atom. The SMILES string of the molecule is COc1cc2c([C@@H]3CCCN3C)cnc(Cc3ccc4c(c3)OCO4)c2cc1O. The zero-order chi connectivity index (χ0) is 20.0. The Kier molecular flexibility index (Phi) is 4.43. The van der Waals surface area contributed by atoms with Gasteiger partial charge < -0.3 is 19.3 Å². The number of benzene rings is 2. The molecule has 0 radical (unpaired) electrons. The van der Waals surface area contributed by atoms with Gasteiger partial charge in [-0.3, -0.25) is 9.88 Å². The fourth-order valence-electron chi connectivity index (χ4n) is 4.45. The van der Waals surface area contributed by atoms with Gasteiger partial charge in [-0.15, -0.1) is 0 Å². The molecule has 0 saturated carbocycles. The molecule has 0 unspecified atom stereocenters. The maximum Gasteiger partial charge on any atom is 0.231 e. The summed E-state index contributed by atoms with van der Waals surface area (Å²) in [5.74, 6) is 2.15. The van der Waals surface area contributed by atoms with Crippen molar-refractivity contribution < 1.29 is 19.3 Å². The predicted octanol–water partition coefficient (Wildman–Crippen LogP) is 4.04. The van der Waals surface area contributed by atoms with Gasteiger partial charge in [0.05, 0.1) is 12.8 Å². The van der Waals surface area contributed by atoms with Crippen LogP contribution in [-0.2, 0) is 6.42 Å². The molecular weight excluding hydrogens is 368 g/mol. The number of rotatable bonds is 4. The van der Waals surface area contributed by atoms with Gasteiger partial charge in [-0.2, -0.15) is 0 Å². The van der Waals surface area contributed by atoms with E-state index in [-0.39, 0.29) is 12.5 Å². The number of nitrogens with zero attached hydrogens (tertiary/aromatic N) is 2. The van der Waals surface area contributed by atoms with E-state index in [9.17, 15) is 5.11 Å². The minimum Gasteiger partial charge on any atom is -0.504 e. The number of fused-ring (bicyclic) bond motifs is 2. The topological polar surface area (TPSA) is 64.1 Å². The molecule has 3 heterocycles. The number of likely N-dealkylation sites (tertiary alicyclic amines) is 1. The van der Waals surface area contributed by atoms with Crippen LogP contribution in [0.15, 0.2) is 36.5 Å². The molecule has 5 rings (SSSR count). The molecule has 0 spiro atoms. The van der Waals surface area contributed by atoms with Crippen molar-refractivity contribution in [3.63, 3.8) is 0 Å². The van der Waals surface area contributed by atoms with E-state index in [1.807, 2.05) is 30.5 Å². The summed E-state index contributed by atoms with van der Waals surface area (Å²) >= 11 is 0. The van der Waals surface area contributed by atoms with Crippen molar-refractivity contribution >= 4 is 10.8 Å². The average Bonchev–Trinajstić information content (AvgIpc) is 3.36. The van der Waals surface area contributed by atoms with Crippen molar-refractivity contribution in [3.05, 3.63) is 53.3 Å². The van der Waals surface area contributed by atoms with E-state index in [4.69, 9.17) is 19.2 Å². The largest absolute Gasteiger partial charge is 0.504 e. The Bertz CT molecular complexity index is 1080. The zero-order valence-corrected chi connectivity index (χ0v) is 16.6. The Balaban J connectivity index is 1.61. The van der Waals surface area contributed by atoms with Gasteiger partial charge in [0.15, 0.2) is 23.0 Å². The van der Waals surface area contributed by atoms with Crippen molar-refractivity contribution in [2.75, 3.05) is 27.5 Å². The predicted molar refractivity (Wildman–Crippen MR) is 110 cm³/mol. The molecule has 1 aromatic heterocycles. The Morgan fingerprint density at radius 2 is 2.03 bits per heavy atom. The maximum absolute atomic E-state index is 10.4.